The highest BCUT2D eigenvalue weighted by Gasteiger charge is 2.27. The van der Waals surface area contributed by atoms with Crippen molar-refractivity contribution in [3.63, 3.8) is 0 Å². The van der Waals surface area contributed by atoms with E-state index in [0.29, 0.717) is 21.4 Å². The number of carbonyl (C=O) groups excluding carboxylic acids is 2. The molecule has 2 amide bonds. The number of hydrogen-bond acceptors (Lipinski definition) is 3. The molecule has 0 radical (unpaired) electrons. The second-order valence-electron chi connectivity index (χ2n) is 6.99. The van der Waals surface area contributed by atoms with Crippen LogP contribution in [0, 0.1) is 3.57 Å². The first-order chi connectivity index (χ1) is 14.2. The van der Waals surface area contributed by atoms with Gasteiger partial charge in [-0.2, -0.15) is 0 Å². The average Bonchev–Trinajstić information content (AvgIpc) is 2.72. The monoisotopic (exact) mass is 562 g/mol. The topological polar surface area (TPSA) is 58.6 Å². The fraction of sp³-hybridized carbons (Fsp3) is 0.364. The number of amides is 2. The van der Waals surface area contributed by atoms with Gasteiger partial charge in [0.1, 0.15) is 11.8 Å². The Kier molecular flexibility index (Phi) is 9.71. The second kappa shape index (κ2) is 11.8. The number of halogens is 3. The average molecular weight is 563 g/mol. The van der Waals surface area contributed by atoms with Crippen molar-refractivity contribution >= 4 is 57.6 Å². The molecule has 2 aromatic rings. The Bertz CT molecular complexity index is 877. The minimum atomic E-state index is -0.696. The van der Waals surface area contributed by atoms with E-state index >= 15 is 0 Å². The molecule has 0 aliphatic rings. The number of benzene rings is 2. The van der Waals surface area contributed by atoms with E-state index in [1.54, 1.807) is 37.3 Å². The van der Waals surface area contributed by atoms with Crippen LogP contribution in [-0.4, -0.2) is 35.4 Å². The quantitative estimate of drug-likeness (QED) is 0.421. The van der Waals surface area contributed by atoms with Crippen LogP contribution in [0.25, 0.3) is 0 Å². The lowest BCUT2D eigenvalue weighted by Crippen LogP contribution is -2.50. The van der Waals surface area contributed by atoms with Crippen LogP contribution in [-0.2, 0) is 16.1 Å². The van der Waals surface area contributed by atoms with Crippen LogP contribution in [0.5, 0.6) is 5.75 Å². The van der Waals surface area contributed by atoms with Gasteiger partial charge >= 0.3 is 0 Å². The van der Waals surface area contributed by atoms with E-state index in [0.717, 1.165) is 9.99 Å². The van der Waals surface area contributed by atoms with E-state index in [2.05, 4.69) is 27.9 Å². The van der Waals surface area contributed by atoms with Crippen LogP contribution in [0.15, 0.2) is 42.5 Å². The molecule has 0 aliphatic heterocycles. The van der Waals surface area contributed by atoms with Crippen LogP contribution < -0.4 is 10.1 Å². The zero-order valence-electron chi connectivity index (χ0n) is 17.1. The Morgan fingerprint density at radius 1 is 1.13 bits per heavy atom. The lowest BCUT2D eigenvalue weighted by Gasteiger charge is -2.30. The van der Waals surface area contributed by atoms with Crippen LogP contribution in [0.3, 0.4) is 0 Å². The van der Waals surface area contributed by atoms with Gasteiger partial charge in [-0.15, -0.1) is 0 Å². The van der Waals surface area contributed by atoms with E-state index in [4.69, 9.17) is 27.9 Å². The van der Waals surface area contributed by atoms with Gasteiger partial charge in [0.15, 0.2) is 6.61 Å². The molecule has 0 bridgehead atoms. The van der Waals surface area contributed by atoms with E-state index < -0.39 is 6.04 Å². The minimum absolute atomic E-state index is 0.0130. The maximum Gasteiger partial charge on any atom is 0.261 e. The zero-order chi connectivity index (χ0) is 22.3. The summed E-state index contributed by atoms with van der Waals surface area (Å²) in [6.45, 7) is 5.59. The van der Waals surface area contributed by atoms with Gasteiger partial charge < -0.3 is 15.0 Å². The fourth-order valence-corrected chi connectivity index (χ4v) is 3.47. The molecule has 0 aromatic heterocycles. The van der Waals surface area contributed by atoms with Gasteiger partial charge in [0.2, 0.25) is 5.91 Å². The summed E-state index contributed by atoms with van der Waals surface area (Å²) in [5.41, 5.74) is 0.701. The summed E-state index contributed by atoms with van der Waals surface area (Å²) >= 11 is 14.5. The number of nitrogens with zero attached hydrogens (tertiary/aromatic N) is 1. The van der Waals surface area contributed by atoms with Crippen molar-refractivity contribution in [2.75, 3.05) is 6.61 Å². The molecule has 0 aliphatic carbocycles. The molecule has 0 saturated heterocycles. The van der Waals surface area contributed by atoms with Gasteiger partial charge in [0.05, 0.1) is 0 Å². The molecule has 162 valence electrons. The molecule has 30 heavy (non-hydrogen) atoms. The van der Waals surface area contributed by atoms with Crippen LogP contribution in [0.1, 0.15) is 32.8 Å². The first-order valence-corrected chi connectivity index (χ1v) is 11.5. The summed E-state index contributed by atoms with van der Waals surface area (Å²) in [6.07, 6.45) is 0.797. The normalized spacial score (nSPS) is 12.7. The smallest absolute Gasteiger partial charge is 0.261 e. The minimum Gasteiger partial charge on any atom is -0.484 e. The van der Waals surface area contributed by atoms with E-state index in [1.165, 1.54) is 4.90 Å². The first kappa shape index (κ1) is 24.8. The molecular weight excluding hydrogens is 538 g/mol. The van der Waals surface area contributed by atoms with Gasteiger partial charge in [-0.25, -0.2) is 0 Å². The molecule has 0 heterocycles. The third-order valence-electron chi connectivity index (χ3n) is 4.70. The second-order valence-corrected chi connectivity index (χ2v) is 9.08. The summed E-state index contributed by atoms with van der Waals surface area (Å²) in [5.74, 6) is 0.0494. The third-order valence-corrected chi connectivity index (χ3v) is 6.01. The number of hydrogen-bond donors (Lipinski definition) is 1. The SMILES string of the molecule is CC[C@H](C)NC(=O)[C@H](C)N(Cc1ccc(Cl)cc1Cl)C(=O)COc1ccc(I)cc1. The molecule has 8 heteroatoms. The van der Waals surface area contributed by atoms with Crippen molar-refractivity contribution in [3.05, 3.63) is 61.6 Å². The van der Waals surface area contributed by atoms with Gasteiger partial charge in [0.25, 0.3) is 5.91 Å². The highest BCUT2D eigenvalue weighted by Crippen LogP contribution is 2.23. The van der Waals surface area contributed by atoms with Gasteiger partial charge in [-0.3, -0.25) is 9.59 Å². The maximum atomic E-state index is 13.0. The van der Waals surface area contributed by atoms with E-state index in [1.807, 2.05) is 26.0 Å². The van der Waals surface area contributed by atoms with Crippen LogP contribution >= 0.6 is 45.8 Å². The van der Waals surface area contributed by atoms with Gasteiger partial charge in [-0.05, 0) is 84.8 Å². The molecule has 5 nitrogen and oxygen atoms in total. The Morgan fingerprint density at radius 3 is 2.40 bits per heavy atom. The van der Waals surface area contributed by atoms with Crippen molar-refractivity contribution in [1.82, 2.24) is 10.2 Å². The van der Waals surface area contributed by atoms with Gasteiger partial charge in [-0.1, -0.05) is 36.2 Å². The zero-order valence-corrected chi connectivity index (χ0v) is 20.8. The molecule has 0 spiro atoms. The lowest BCUT2D eigenvalue weighted by atomic mass is 10.1. The Balaban J connectivity index is 2.18. The highest BCUT2D eigenvalue weighted by molar-refractivity contribution is 14.1. The Hall–Kier alpha value is -1.51. The molecule has 2 aromatic carbocycles. The molecular formula is C22H25Cl2IN2O3. The predicted octanol–water partition coefficient (Wildman–Crippen LogP) is 5.31. The van der Waals surface area contributed by atoms with Crippen molar-refractivity contribution in [2.45, 2.75) is 45.8 Å². The summed E-state index contributed by atoms with van der Waals surface area (Å²) in [7, 11) is 0. The molecule has 1 N–H and O–H groups in total. The largest absolute Gasteiger partial charge is 0.484 e. The summed E-state index contributed by atoms with van der Waals surface area (Å²) < 4.78 is 6.71. The Morgan fingerprint density at radius 2 is 1.80 bits per heavy atom. The summed E-state index contributed by atoms with van der Waals surface area (Å²) in [6, 6.07) is 11.8. The Labute approximate surface area is 201 Å². The van der Waals surface area contributed by atoms with Crippen molar-refractivity contribution in [1.29, 1.82) is 0 Å². The van der Waals surface area contributed by atoms with Crippen molar-refractivity contribution in [2.24, 2.45) is 0 Å². The molecule has 0 fully saturated rings. The molecule has 0 unspecified atom stereocenters. The maximum absolute atomic E-state index is 13.0. The van der Waals surface area contributed by atoms with E-state index in [-0.39, 0.29) is 31.0 Å². The first-order valence-electron chi connectivity index (χ1n) is 9.63. The van der Waals surface area contributed by atoms with E-state index in [9.17, 15) is 9.59 Å². The number of carbonyl (C=O) groups is 2. The molecule has 2 atom stereocenters. The lowest BCUT2D eigenvalue weighted by molar-refractivity contribution is -0.142. The van der Waals surface area contributed by atoms with Gasteiger partial charge in [0, 0.05) is 26.2 Å². The number of rotatable bonds is 9. The van der Waals surface area contributed by atoms with Crippen LogP contribution in [0.4, 0.5) is 0 Å². The fourth-order valence-electron chi connectivity index (χ4n) is 2.64. The third kappa shape index (κ3) is 7.32. The standard InChI is InChI=1S/C22H25Cl2IN2O3/c1-4-14(2)26-22(29)15(3)27(12-16-5-6-17(23)11-20(16)24)21(28)13-30-19-9-7-18(25)8-10-19/h5-11,14-15H,4,12-13H2,1-3H3,(H,26,29)/t14-,15-/m0/s1. The predicted molar refractivity (Wildman–Crippen MR) is 129 cm³/mol. The van der Waals surface area contributed by atoms with Crippen LogP contribution in [0.2, 0.25) is 10.0 Å². The van der Waals surface area contributed by atoms with Crippen molar-refractivity contribution in [3.8, 4) is 5.75 Å². The summed E-state index contributed by atoms with van der Waals surface area (Å²) in [4.78, 5) is 27.2. The molecule has 2 rings (SSSR count). The highest BCUT2D eigenvalue weighted by atomic mass is 127. The molecule has 0 saturated carbocycles. The number of nitrogens with one attached hydrogen (secondary N) is 1. The number of ether oxygens (including phenoxy) is 1. The van der Waals surface area contributed by atoms with Crippen molar-refractivity contribution < 1.29 is 14.3 Å². The summed E-state index contributed by atoms with van der Waals surface area (Å²) in [5, 5.41) is 3.87.